The van der Waals surface area contributed by atoms with Gasteiger partial charge in [-0.25, -0.2) is 4.98 Å². The van der Waals surface area contributed by atoms with Crippen LogP contribution in [0.15, 0.2) is 30.5 Å². The second-order valence-electron chi connectivity index (χ2n) is 4.35. The average molecular weight is 272 g/mol. The van der Waals surface area contributed by atoms with Crippen molar-refractivity contribution >= 4 is 28.2 Å². The van der Waals surface area contributed by atoms with E-state index >= 15 is 0 Å². The number of thiazole rings is 1. The van der Waals surface area contributed by atoms with Gasteiger partial charge in [0.25, 0.3) is 0 Å². The van der Waals surface area contributed by atoms with E-state index in [4.69, 9.17) is 5.11 Å². The normalized spacial score (nSPS) is 11.0. The monoisotopic (exact) mass is 272 g/mol. The minimum Gasteiger partial charge on any atom is -0.481 e. The van der Waals surface area contributed by atoms with Gasteiger partial charge >= 0.3 is 5.97 Å². The predicted molar refractivity (Wildman–Crippen MR) is 75.5 cm³/mol. The number of rotatable bonds is 3. The minimum absolute atomic E-state index is 0.0336. The molecular formula is C14H12N2O2S. The minimum atomic E-state index is -0.822. The number of carboxylic acids is 1. The number of aliphatic carboxylic acids is 1. The molecular weight excluding hydrogens is 260 g/mol. The Bertz CT molecular complexity index is 758. The number of nitrogens with one attached hydrogen (secondary N) is 1. The predicted octanol–water partition coefficient (Wildman–Crippen LogP) is 3.23. The summed E-state index contributed by atoms with van der Waals surface area (Å²) in [4.78, 5) is 19.3. The SMILES string of the molecule is Cc1nc(-c2c[nH]c3ccccc23)sc1CC(=O)O. The number of hydrogen-bond acceptors (Lipinski definition) is 3. The van der Waals surface area contributed by atoms with Crippen LogP contribution in [0.2, 0.25) is 0 Å². The Morgan fingerprint density at radius 3 is 3.00 bits per heavy atom. The zero-order chi connectivity index (χ0) is 13.4. The van der Waals surface area contributed by atoms with E-state index in [1.807, 2.05) is 37.4 Å². The summed E-state index contributed by atoms with van der Waals surface area (Å²) in [5.74, 6) is -0.822. The molecule has 2 heterocycles. The molecule has 0 saturated carbocycles. The molecule has 0 aliphatic carbocycles. The van der Waals surface area contributed by atoms with Crippen LogP contribution in [0, 0.1) is 6.92 Å². The van der Waals surface area contributed by atoms with Crippen molar-refractivity contribution in [2.75, 3.05) is 0 Å². The van der Waals surface area contributed by atoms with Gasteiger partial charge in [0.1, 0.15) is 5.01 Å². The highest BCUT2D eigenvalue weighted by Gasteiger charge is 2.14. The third-order valence-corrected chi connectivity index (χ3v) is 4.21. The molecule has 0 fully saturated rings. The van der Waals surface area contributed by atoms with Gasteiger partial charge in [-0.15, -0.1) is 11.3 Å². The number of aromatic amines is 1. The van der Waals surface area contributed by atoms with Crippen molar-refractivity contribution in [1.82, 2.24) is 9.97 Å². The van der Waals surface area contributed by atoms with Crippen molar-refractivity contribution in [2.24, 2.45) is 0 Å². The molecule has 96 valence electrons. The molecule has 3 rings (SSSR count). The maximum atomic E-state index is 10.8. The molecule has 0 radical (unpaired) electrons. The molecule has 0 spiro atoms. The van der Waals surface area contributed by atoms with Crippen LogP contribution in [-0.2, 0) is 11.2 Å². The van der Waals surface area contributed by atoms with Gasteiger partial charge in [0.05, 0.1) is 12.1 Å². The van der Waals surface area contributed by atoms with Crippen molar-refractivity contribution in [3.8, 4) is 10.6 Å². The second-order valence-corrected chi connectivity index (χ2v) is 5.43. The third kappa shape index (κ3) is 2.13. The number of H-pyrrole nitrogens is 1. The first-order valence-corrected chi connectivity index (χ1v) is 6.71. The zero-order valence-electron chi connectivity index (χ0n) is 10.3. The lowest BCUT2D eigenvalue weighted by molar-refractivity contribution is -0.136. The van der Waals surface area contributed by atoms with E-state index < -0.39 is 5.97 Å². The standard InChI is InChI=1S/C14H12N2O2S/c1-8-12(6-13(17)18)19-14(16-8)10-7-15-11-5-3-2-4-9(10)11/h2-5,7,15H,6H2,1H3,(H,17,18). The Labute approximate surface area is 113 Å². The van der Waals surface area contributed by atoms with Gasteiger partial charge in [0.2, 0.25) is 0 Å². The lowest BCUT2D eigenvalue weighted by atomic mass is 10.2. The summed E-state index contributed by atoms with van der Waals surface area (Å²) < 4.78 is 0. The summed E-state index contributed by atoms with van der Waals surface area (Å²) in [7, 11) is 0. The number of hydrogen-bond donors (Lipinski definition) is 2. The molecule has 4 nitrogen and oxygen atoms in total. The van der Waals surface area contributed by atoms with E-state index in [2.05, 4.69) is 9.97 Å². The Morgan fingerprint density at radius 1 is 1.42 bits per heavy atom. The maximum absolute atomic E-state index is 10.8. The van der Waals surface area contributed by atoms with Crippen molar-refractivity contribution in [2.45, 2.75) is 13.3 Å². The molecule has 0 atom stereocenters. The number of benzene rings is 1. The fraction of sp³-hybridized carbons (Fsp3) is 0.143. The van der Waals surface area contributed by atoms with Crippen LogP contribution in [0.3, 0.4) is 0 Å². The quantitative estimate of drug-likeness (QED) is 0.769. The lowest BCUT2D eigenvalue weighted by Crippen LogP contribution is -1.99. The molecule has 0 aliphatic heterocycles. The van der Waals surface area contributed by atoms with Gasteiger partial charge < -0.3 is 10.1 Å². The molecule has 3 aromatic rings. The fourth-order valence-electron chi connectivity index (χ4n) is 2.09. The number of aryl methyl sites for hydroxylation is 1. The van der Waals surface area contributed by atoms with E-state index in [0.717, 1.165) is 32.0 Å². The van der Waals surface area contributed by atoms with Crippen molar-refractivity contribution < 1.29 is 9.90 Å². The second kappa shape index (κ2) is 4.51. The highest BCUT2D eigenvalue weighted by atomic mass is 32.1. The number of aromatic nitrogens is 2. The first-order chi connectivity index (χ1) is 9.15. The van der Waals surface area contributed by atoms with Crippen molar-refractivity contribution in [3.05, 3.63) is 41.0 Å². The van der Waals surface area contributed by atoms with Crippen LogP contribution < -0.4 is 0 Å². The molecule has 0 aliphatic rings. The van der Waals surface area contributed by atoms with Crippen LogP contribution in [-0.4, -0.2) is 21.0 Å². The van der Waals surface area contributed by atoms with Gasteiger partial charge in [-0.3, -0.25) is 4.79 Å². The molecule has 2 N–H and O–H groups in total. The van der Waals surface area contributed by atoms with Gasteiger partial charge in [0.15, 0.2) is 0 Å². The van der Waals surface area contributed by atoms with Crippen LogP contribution in [0.1, 0.15) is 10.6 Å². The third-order valence-electron chi connectivity index (χ3n) is 3.02. The molecule has 19 heavy (non-hydrogen) atoms. The summed E-state index contributed by atoms with van der Waals surface area (Å²) in [5, 5.41) is 10.9. The molecule has 2 aromatic heterocycles. The number of fused-ring (bicyclic) bond motifs is 1. The van der Waals surface area contributed by atoms with E-state index in [9.17, 15) is 4.79 Å². The smallest absolute Gasteiger partial charge is 0.308 e. The van der Waals surface area contributed by atoms with Crippen molar-refractivity contribution in [1.29, 1.82) is 0 Å². The Kier molecular flexibility index (Phi) is 2.83. The number of nitrogens with zero attached hydrogens (tertiary/aromatic N) is 1. The van der Waals surface area contributed by atoms with Gasteiger partial charge in [-0.05, 0) is 13.0 Å². The number of carbonyl (C=O) groups is 1. The van der Waals surface area contributed by atoms with Gasteiger partial charge in [-0.1, -0.05) is 18.2 Å². The van der Waals surface area contributed by atoms with Gasteiger partial charge in [-0.2, -0.15) is 0 Å². The lowest BCUT2D eigenvalue weighted by Gasteiger charge is -1.92. The fourth-order valence-corrected chi connectivity index (χ4v) is 3.18. The Hall–Kier alpha value is -2.14. The van der Waals surface area contributed by atoms with Crippen LogP contribution in [0.5, 0.6) is 0 Å². The first kappa shape index (κ1) is 11.9. The Morgan fingerprint density at radius 2 is 2.21 bits per heavy atom. The highest BCUT2D eigenvalue weighted by Crippen LogP contribution is 2.33. The first-order valence-electron chi connectivity index (χ1n) is 5.90. The molecule has 1 aromatic carbocycles. The van der Waals surface area contributed by atoms with E-state index in [1.165, 1.54) is 11.3 Å². The van der Waals surface area contributed by atoms with Gasteiger partial charge in [0, 0.05) is 27.5 Å². The molecule has 0 unspecified atom stereocenters. The van der Waals surface area contributed by atoms with Crippen LogP contribution >= 0.6 is 11.3 Å². The topological polar surface area (TPSA) is 66.0 Å². The summed E-state index contributed by atoms with van der Waals surface area (Å²) in [6.07, 6.45) is 1.96. The summed E-state index contributed by atoms with van der Waals surface area (Å²) in [5.41, 5.74) is 2.89. The maximum Gasteiger partial charge on any atom is 0.308 e. The number of carboxylic acid groups (broad SMARTS) is 1. The molecule has 0 bridgehead atoms. The molecule has 0 saturated heterocycles. The van der Waals surface area contributed by atoms with Crippen LogP contribution in [0.4, 0.5) is 0 Å². The zero-order valence-corrected chi connectivity index (χ0v) is 11.1. The van der Waals surface area contributed by atoms with E-state index in [0.29, 0.717) is 0 Å². The van der Waals surface area contributed by atoms with E-state index in [-0.39, 0.29) is 6.42 Å². The van der Waals surface area contributed by atoms with Crippen LogP contribution in [0.25, 0.3) is 21.5 Å². The Balaban J connectivity index is 2.09. The van der Waals surface area contributed by atoms with E-state index in [1.54, 1.807) is 0 Å². The highest BCUT2D eigenvalue weighted by molar-refractivity contribution is 7.15. The largest absolute Gasteiger partial charge is 0.481 e. The van der Waals surface area contributed by atoms with Crippen molar-refractivity contribution in [3.63, 3.8) is 0 Å². The number of para-hydroxylation sites is 1. The average Bonchev–Trinajstić information content (AvgIpc) is 2.93. The summed E-state index contributed by atoms with van der Waals surface area (Å²) >= 11 is 1.45. The summed E-state index contributed by atoms with van der Waals surface area (Å²) in [6, 6.07) is 8.01. The molecule has 0 amide bonds. The molecule has 5 heteroatoms. The summed E-state index contributed by atoms with van der Waals surface area (Å²) in [6.45, 7) is 1.85.